The smallest absolute Gasteiger partial charge is 0.326 e. The van der Waals surface area contributed by atoms with E-state index in [4.69, 9.17) is 9.47 Å². The van der Waals surface area contributed by atoms with Gasteiger partial charge in [0.1, 0.15) is 18.2 Å². The molecule has 1 amide bonds. The molecule has 1 aliphatic rings. The summed E-state index contributed by atoms with van der Waals surface area (Å²) < 4.78 is 10.9. The van der Waals surface area contributed by atoms with E-state index < -0.39 is 28.5 Å². The third-order valence-electron chi connectivity index (χ3n) is 4.74. The maximum atomic E-state index is 12.9. The molecule has 1 aliphatic heterocycles. The highest BCUT2D eigenvalue weighted by Gasteiger charge is 2.37. The molecule has 3 rings (SSSR count). The number of hydrogen-bond donors (Lipinski definition) is 1. The van der Waals surface area contributed by atoms with Gasteiger partial charge in [-0.05, 0) is 18.4 Å². The first-order valence-corrected chi connectivity index (χ1v) is 8.99. The highest BCUT2D eigenvalue weighted by Crippen LogP contribution is 2.36. The molecule has 1 N–H and O–H groups in total. The predicted octanol–water partition coefficient (Wildman–Crippen LogP) is 2.87. The zero-order chi connectivity index (χ0) is 21.0. The number of hydrogen-bond acceptors (Lipinski definition) is 6. The van der Waals surface area contributed by atoms with Gasteiger partial charge in [0.05, 0.1) is 18.1 Å². The summed E-state index contributed by atoms with van der Waals surface area (Å²) in [6.45, 7) is 0.385. The summed E-state index contributed by atoms with van der Waals surface area (Å²) in [5, 5.41) is 20.9. The number of ether oxygens (including phenoxy) is 2. The Morgan fingerprint density at radius 3 is 2.59 bits per heavy atom. The van der Waals surface area contributed by atoms with Gasteiger partial charge in [0.25, 0.3) is 11.6 Å². The number of rotatable bonds is 7. The number of aliphatic carboxylic acids is 1. The van der Waals surface area contributed by atoms with Gasteiger partial charge in [0.2, 0.25) is 0 Å². The number of likely N-dealkylation sites (tertiary alicyclic amines) is 1. The Balaban J connectivity index is 1.94. The van der Waals surface area contributed by atoms with E-state index in [-0.39, 0.29) is 30.2 Å². The lowest BCUT2D eigenvalue weighted by atomic mass is 10.1. The minimum Gasteiger partial charge on any atom is -0.493 e. The van der Waals surface area contributed by atoms with Gasteiger partial charge in [-0.2, -0.15) is 0 Å². The average molecular weight is 400 g/mol. The third kappa shape index (κ3) is 4.29. The van der Waals surface area contributed by atoms with Crippen molar-refractivity contribution in [1.82, 2.24) is 4.90 Å². The summed E-state index contributed by atoms with van der Waals surface area (Å²) in [4.78, 5) is 36.4. The molecule has 0 radical (unpaired) electrons. The lowest BCUT2D eigenvalue weighted by Gasteiger charge is -2.22. The fraction of sp³-hybridized carbons (Fsp3) is 0.300. The zero-order valence-electron chi connectivity index (χ0n) is 15.7. The van der Waals surface area contributed by atoms with Crippen molar-refractivity contribution in [3.63, 3.8) is 0 Å². The first kappa shape index (κ1) is 20.1. The van der Waals surface area contributed by atoms with Crippen LogP contribution in [0, 0.1) is 10.1 Å². The van der Waals surface area contributed by atoms with E-state index in [0.29, 0.717) is 12.8 Å². The number of carboxylic acids is 1. The number of carbonyl (C=O) groups is 2. The van der Waals surface area contributed by atoms with Crippen molar-refractivity contribution in [2.45, 2.75) is 25.5 Å². The van der Waals surface area contributed by atoms with Gasteiger partial charge in [-0.1, -0.05) is 30.3 Å². The highest BCUT2D eigenvalue weighted by atomic mass is 16.6. The number of methoxy groups -OCH3 is 1. The van der Waals surface area contributed by atoms with Crippen molar-refractivity contribution in [2.24, 2.45) is 0 Å². The standard InChI is InChI=1S/C20H20N2O7/c1-28-17-10-14(19(23)21-9-5-8-15(21)20(24)25)16(22(26)27)11-18(17)29-12-13-6-3-2-4-7-13/h2-4,6-7,10-11,15H,5,8-9,12H2,1H3,(H,24,25)/t15-/m0/s1. The summed E-state index contributed by atoms with van der Waals surface area (Å²) in [6.07, 6.45) is 0.830. The van der Waals surface area contributed by atoms with Gasteiger partial charge in [-0.25, -0.2) is 4.79 Å². The van der Waals surface area contributed by atoms with Crippen LogP contribution in [0.4, 0.5) is 5.69 Å². The fourth-order valence-electron chi connectivity index (χ4n) is 3.30. The second kappa shape index (κ2) is 8.59. The number of nitro benzene ring substituents is 1. The molecule has 1 saturated heterocycles. The molecule has 9 heteroatoms. The molecule has 2 aromatic carbocycles. The summed E-state index contributed by atoms with van der Waals surface area (Å²) in [7, 11) is 1.36. The fourth-order valence-corrected chi connectivity index (χ4v) is 3.30. The van der Waals surface area contributed by atoms with E-state index in [0.717, 1.165) is 16.5 Å². The van der Waals surface area contributed by atoms with E-state index >= 15 is 0 Å². The van der Waals surface area contributed by atoms with Crippen LogP contribution in [0.15, 0.2) is 42.5 Å². The van der Waals surface area contributed by atoms with E-state index in [1.165, 1.54) is 13.2 Å². The SMILES string of the molecule is COc1cc(C(=O)N2CCC[C@H]2C(=O)O)c([N+](=O)[O-])cc1OCc1ccccc1. The quantitative estimate of drug-likeness (QED) is 0.560. The lowest BCUT2D eigenvalue weighted by molar-refractivity contribution is -0.385. The van der Waals surface area contributed by atoms with Gasteiger partial charge >= 0.3 is 5.97 Å². The van der Waals surface area contributed by atoms with Crippen molar-refractivity contribution in [3.05, 3.63) is 63.7 Å². The Labute approximate surface area is 166 Å². The minimum absolute atomic E-state index is 0.121. The first-order valence-electron chi connectivity index (χ1n) is 8.99. The average Bonchev–Trinajstić information content (AvgIpc) is 3.22. The van der Waals surface area contributed by atoms with Crippen LogP contribution in [0.3, 0.4) is 0 Å². The van der Waals surface area contributed by atoms with Gasteiger partial charge in [-0.15, -0.1) is 0 Å². The summed E-state index contributed by atoms with van der Waals surface area (Å²) >= 11 is 0. The van der Waals surface area contributed by atoms with Crippen LogP contribution in [0.5, 0.6) is 11.5 Å². The molecule has 0 spiro atoms. The van der Waals surface area contributed by atoms with E-state index in [2.05, 4.69) is 0 Å². The molecule has 0 aromatic heterocycles. The Bertz CT molecular complexity index is 930. The van der Waals surface area contributed by atoms with Crippen molar-refractivity contribution in [3.8, 4) is 11.5 Å². The zero-order valence-corrected chi connectivity index (χ0v) is 15.7. The normalized spacial score (nSPS) is 15.8. The largest absolute Gasteiger partial charge is 0.493 e. The molecule has 0 aliphatic carbocycles. The maximum Gasteiger partial charge on any atom is 0.326 e. The molecule has 0 unspecified atom stereocenters. The van der Waals surface area contributed by atoms with Crippen LogP contribution in [0.1, 0.15) is 28.8 Å². The number of amides is 1. The van der Waals surface area contributed by atoms with Crippen LogP contribution in [-0.4, -0.2) is 46.5 Å². The Morgan fingerprint density at radius 2 is 1.97 bits per heavy atom. The lowest BCUT2D eigenvalue weighted by Crippen LogP contribution is -2.40. The second-order valence-corrected chi connectivity index (χ2v) is 6.55. The van der Waals surface area contributed by atoms with Crippen molar-refractivity contribution in [1.29, 1.82) is 0 Å². The summed E-state index contributed by atoms with van der Waals surface area (Å²) in [6, 6.07) is 10.6. The number of carboxylic acid groups (broad SMARTS) is 1. The predicted molar refractivity (Wildman–Crippen MR) is 102 cm³/mol. The van der Waals surface area contributed by atoms with E-state index in [9.17, 15) is 24.8 Å². The molecule has 2 aromatic rings. The number of nitro groups is 1. The monoisotopic (exact) mass is 400 g/mol. The van der Waals surface area contributed by atoms with Gasteiger partial charge in [-0.3, -0.25) is 14.9 Å². The molecular formula is C20H20N2O7. The Morgan fingerprint density at radius 1 is 1.24 bits per heavy atom. The van der Waals surface area contributed by atoms with Crippen LogP contribution >= 0.6 is 0 Å². The molecule has 0 saturated carbocycles. The number of carbonyl (C=O) groups excluding carboxylic acids is 1. The molecule has 152 valence electrons. The summed E-state index contributed by atoms with van der Waals surface area (Å²) in [5.74, 6) is -1.57. The van der Waals surface area contributed by atoms with Gasteiger partial charge in [0, 0.05) is 12.6 Å². The molecule has 29 heavy (non-hydrogen) atoms. The maximum absolute atomic E-state index is 12.9. The van der Waals surface area contributed by atoms with Crippen molar-refractivity contribution in [2.75, 3.05) is 13.7 Å². The van der Waals surface area contributed by atoms with Crippen LogP contribution in [0.2, 0.25) is 0 Å². The van der Waals surface area contributed by atoms with Gasteiger partial charge in [0.15, 0.2) is 11.5 Å². The molecular weight excluding hydrogens is 380 g/mol. The Kier molecular flexibility index (Phi) is 5.96. The Hall–Kier alpha value is -3.62. The summed E-state index contributed by atoms with van der Waals surface area (Å²) in [5.41, 5.74) is 0.167. The van der Waals surface area contributed by atoms with E-state index in [1.807, 2.05) is 30.3 Å². The van der Waals surface area contributed by atoms with Crippen LogP contribution in [-0.2, 0) is 11.4 Å². The number of nitrogens with zero attached hydrogens (tertiary/aromatic N) is 2. The van der Waals surface area contributed by atoms with Crippen molar-refractivity contribution >= 4 is 17.6 Å². The molecule has 1 atom stereocenters. The molecule has 9 nitrogen and oxygen atoms in total. The van der Waals surface area contributed by atoms with E-state index in [1.54, 1.807) is 0 Å². The third-order valence-corrected chi connectivity index (χ3v) is 4.74. The number of benzene rings is 2. The van der Waals surface area contributed by atoms with Crippen LogP contribution in [0.25, 0.3) is 0 Å². The molecule has 1 fully saturated rings. The first-order chi connectivity index (χ1) is 13.9. The second-order valence-electron chi connectivity index (χ2n) is 6.55. The van der Waals surface area contributed by atoms with Crippen molar-refractivity contribution < 1.29 is 29.1 Å². The topological polar surface area (TPSA) is 119 Å². The van der Waals surface area contributed by atoms with Crippen LogP contribution < -0.4 is 9.47 Å². The highest BCUT2D eigenvalue weighted by molar-refractivity contribution is 6.01. The molecule has 0 bridgehead atoms. The molecule has 1 heterocycles. The van der Waals surface area contributed by atoms with Gasteiger partial charge < -0.3 is 19.5 Å². The minimum atomic E-state index is -1.13.